The average Bonchev–Trinajstić information content (AvgIpc) is 2.97. The minimum atomic E-state index is -3.46. The van der Waals surface area contributed by atoms with E-state index < -0.39 is 111 Å². The van der Waals surface area contributed by atoms with Crippen LogP contribution in [0.2, 0.25) is 0 Å². The third kappa shape index (κ3) is 4.54. The number of primary amides is 1. The lowest BCUT2D eigenvalue weighted by Gasteiger charge is -2.69. The number of amides is 1. The molecule has 0 saturated heterocycles. The van der Waals surface area contributed by atoms with E-state index in [2.05, 4.69) is 0 Å². The number of carbonyl (C=O) groups is 3. The van der Waals surface area contributed by atoms with Crippen LogP contribution in [-0.2, 0) is 15.5 Å². The van der Waals surface area contributed by atoms with Crippen molar-refractivity contribution < 1.29 is 48.7 Å². The fourth-order valence-electron chi connectivity index (χ4n) is 10.3. The van der Waals surface area contributed by atoms with Crippen LogP contribution in [0.3, 0.4) is 0 Å². The Morgan fingerprint density at radius 2 is 1.70 bits per heavy atom. The third-order valence-corrected chi connectivity index (χ3v) is 12.8. The molecule has 10 atom stereocenters. The van der Waals surface area contributed by atoms with Crippen LogP contribution in [-0.4, -0.2) is 66.9 Å². The molecule has 1 amide bonds. The first-order valence-electron chi connectivity index (χ1n) is 16.7. The van der Waals surface area contributed by atoms with E-state index in [1.165, 1.54) is 19.9 Å². The molecule has 9 nitrogen and oxygen atoms in total. The van der Waals surface area contributed by atoms with Crippen LogP contribution >= 0.6 is 0 Å². The Bertz CT molecular complexity index is 1410. The van der Waals surface area contributed by atoms with Crippen molar-refractivity contribution in [3.63, 3.8) is 0 Å². The van der Waals surface area contributed by atoms with Crippen molar-refractivity contribution in [1.82, 2.24) is 0 Å². The molecular formula is C35H49F2NO8. The summed E-state index contributed by atoms with van der Waals surface area (Å²) in [7, 11) is 0. The van der Waals surface area contributed by atoms with Crippen LogP contribution in [0.25, 0.3) is 0 Å². The molecule has 4 unspecified atom stereocenters. The maximum atomic E-state index is 15.7. The van der Waals surface area contributed by atoms with E-state index in [1.807, 2.05) is 0 Å². The molecule has 5 rings (SSSR count). The number of rotatable bonds is 7. The minimum Gasteiger partial charge on any atom is -0.507 e. The van der Waals surface area contributed by atoms with E-state index in [1.54, 1.807) is 20.8 Å². The Kier molecular flexibility index (Phi) is 8.79. The Labute approximate surface area is 268 Å². The van der Waals surface area contributed by atoms with Gasteiger partial charge in [0.1, 0.15) is 17.8 Å². The van der Waals surface area contributed by atoms with Gasteiger partial charge in [-0.1, -0.05) is 79.2 Å². The summed E-state index contributed by atoms with van der Waals surface area (Å²) in [6.07, 6.45) is 0.0589. The van der Waals surface area contributed by atoms with Gasteiger partial charge in [0.2, 0.25) is 5.91 Å². The predicted molar refractivity (Wildman–Crippen MR) is 164 cm³/mol. The predicted octanol–water partition coefficient (Wildman–Crippen LogP) is 3.95. The fourth-order valence-corrected chi connectivity index (χ4v) is 10.3. The lowest BCUT2D eigenvalue weighted by Crippen LogP contribution is -2.83. The topological polar surface area (TPSA) is 178 Å². The van der Waals surface area contributed by atoms with Gasteiger partial charge in [0.15, 0.2) is 17.2 Å². The summed E-state index contributed by atoms with van der Waals surface area (Å²) >= 11 is 0. The number of Topliss-reactive ketones (excluding diaryl/α,β-unsaturated/α-hetero) is 2. The molecular weight excluding hydrogens is 600 g/mol. The van der Waals surface area contributed by atoms with Crippen LogP contribution in [0.15, 0.2) is 12.1 Å². The SMILES string of the molecule is CC(C)[C@H]1C(O)C(C(N)=O)C(=O)[C@]2(O)C(O)C3C(=O)c4c(ccc(C(F)(F)CCCC5CCCCC5)c4O)[C@@H](C)[C@]3(C)[C@@H](O)[C@]12C. The van der Waals surface area contributed by atoms with Gasteiger partial charge in [0.25, 0.3) is 5.92 Å². The van der Waals surface area contributed by atoms with Crippen molar-refractivity contribution in [1.29, 1.82) is 0 Å². The molecule has 1 aromatic rings. The Morgan fingerprint density at radius 3 is 2.26 bits per heavy atom. The van der Waals surface area contributed by atoms with Gasteiger partial charge in [-0.25, -0.2) is 8.78 Å². The Balaban J connectivity index is 1.60. The van der Waals surface area contributed by atoms with Gasteiger partial charge in [-0.15, -0.1) is 0 Å². The molecule has 1 aromatic carbocycles. The van der Waals surface area contributed by atoms with Gasteiger partial charge in [0.05, 0.1) is 29.3 Å². The zero-order valence-corrected chi connectivity index (χ0v) is 27.3. The van der Waals surface area contributed by atoms with E-state index in [4.69, 9.17) is 5.73 Å². The van der Waals surface area contributed by atoms with Gasteiger partial charge in [-0.3, -0.25) is 14.4 Å². The summed E-state index contributed by atoms with van der Waals surface area (Å²) in [5.74, 6) is -13.8. The van der Waals surface area contributed by atoms with Crippen LogP contribution in [0.4, 0.5) is 8.78 Å². The maximum Gasteiger partial charge on any atom is 0.276 e. The summed E-state index contributed by atoms with van der Waals surface area (Å²) in [5.41, 5.74) is -2.02. The Hall–Kier alpha value is -2.47. The first-order valence-corrected chi connectivity index (χ1v) is 16.7. The Morgan fingerprint density at radius 1 is 1.09 bits per heavy atom. The van der Waals surface area contributed by atoms with Gasteiger partial charge < -0.3 is 31.3 Å². The largest absolute Gasteiger partial charge is 0.507 e. The quantitative estimate of drug-likeness (QED) is 0.241. The number of fused-ring (bicyclic) bond motifs is 3. The van der Waals surface area contributed by atoms with Gasteiger partial charge in [-0.05, 0) is 41.7 Å². The molecule has 256 valence electrons. The second kappa shape index (κ2) is 11.6. The molecule has 7 N–H and O–H groups in total. The summed E-state index contributed by atoms with van der Waals surface area (Å²) in [6.45, 7) is 7.83. The van der Waals surface area contributed by atoms with Crippen LogP contribution < -0.4 is 5.73 Å². The van der Waals surface area contributed by atoms with Crippen molar-refractivity contribution in [2.45, 2.75) is 122 Å². The molecule has 3 saturated carbocycles. The number of alkyl halides is 2. The van der Waals surface area contributed by atoms with Crippen molar-refractivity contribution in [3.05, 3.63) is 28.8 Å². The number of benzene rings is 1. The maximum absolute atomic E-state index is 15.7. The number of halogens is 2. The summed E-state index contributed by atoms with van der Waals surface area (Å²) < 4.78 is 31.3. The minimum absolute atomic E-state index is 0.182. The molecule has 0 bridgehead atoms. The number of hydrogen-bond acceptors (Lipinski definition) is 8. The molecule has 4 aliphatic carbocycles. The van der Waals surface area contributed by atoms with Crippen molar-refractivity contribution in [3.8, 4) is 5.75 Å². The van der Waals surface area contributed by atoms with E-state index in [-0.39, 0.29) is 12.0 Å². The number of phenols is 1. The normalized spacial score (nSPS) is 40.0. The standard InChI is InChI=1S/C35H49F2NO8/c1-16(2)23-27(41)22(30(38)44)28(42)35(46)29(43)24-26(40)21-19(17(3)32(24,4)31(45)33(23,35)5)13-14-20(25(21)39)34(36,37)15-9-12-18-10-7-6-8-11-18/h13-14,16-18,22-24,27,29,31,39,41,43,45-46H,6-12,15H2,1-5H3,(H2,38,44)/t17-,22?,23+,24?,27?,29?,31-,32+,33+,35+/m1/s1. The number of carbonyl (C=O) groups excluding carboxylic acids is 3. The number of nitrogens with two attached hydrogens (primary N) is 1. The van der Waals surface area contributed by atoms with E-state index >= 15 is 8.78 Å². The highest BCUT2D eigenvalue weighted by Gasteiger charge is 2.80. The second-order valence-electron chi connectivity index (χ2n) is 15.4. The lowest BCUT2D eigenvalue weighted by atomic mass is 9.36. The molecule has 0 radical (unpaired) electrons. The molecule has 0 spiro atoms. The highest BCUT2D eigenvalue weighted by Crippen LogP contribution is 2.68. The van der Waals surface area contributed by atoms with Crippen LogP contribution in [0.1, 0.15) is 113 Å². The van der Waals surface area contributed by atoms with Crippen molar-refractivity contribution in [2.24, 2.45) is 46.2 Å². The molecule has 3 fully saturated rings. The summed E-state index contributed by atoms with van der Waals surface area (Å²) in [6, 6.07) is 2.45. The zero-order valence-electron chi connectivity index (χ0n) is 27.3. The molecule has 0 aromatic heterocycles. The molecule has 46 heavy (non-hydrogen) atoms. The summed E-state index contributed by atoms with van der Waals surface area (Å²) in [5, 5.41) is 59.1. The van der Waals surface area contributed by atoms with E-state index in [0.29, 0.717) is 12.3 Å². The highest BCUT2D eigenvalue weighted by atomic mass is 19.3. The zero-order chi connectivity index (χ0) is 34.3. The molecule has 4 aliphatic rings. The first-order chi connectivity index (χ1) is 21.3. The number of hydrogen-bond donors (Lipinski definition) is 6. The van der Waals surface area contributed by atoms with Gasteiger partial charge in [0, 0.05) is 17.3 Å². The van der Waals surface area contributed by atoms with Crippen LogP contribution in [0.5, 0.6) is 5.75 Å². The van der Waals surface area contributed by atoms with Gasteiger partial charge >= 0.3 is 0 Å². The molecule has 11 heteroatoms. The number of aliphatic hydroxyl groups excluding tert-OH is 3. The molecule has 0 aliphatic heterocycles. The highest BCUT2D eigenvalue weighted by molar-refractivity contribution is 6.09. The number of ketones is 2. The smallest absolute Gasteiger partial charge is 0.276 e. The summed E-state index contributed by atoms with van der Waals surface area (Å²) in [4.78, 5) is 40.7. The monoisotopic (exact) mass is 649 g/mol. The van der Waals surface area contributed by atoms with Crippen molar-refractivity contribution in [2.75, 3.05) is 0 Å². The number of aliphatic hydroxyl groups is 4. The first kappa shape index (κ1) is 34.9. The van der Waals surface area contributed by atoms with E-state index in [0.717, 1.165) is 38.2 Å². The molecule has 0 heterocycles. The second-order valence-corrected chi connectivity index (χ2v) is 15.4. The third-order valence-electron chi connectivity index (χ3n) is 12.8. The number of phenolic OH excluding ortho intramolecular Hbond substituents is 1. The fraction of sp³-hybridized carbons (Fsp3) is 0.743. The van der Waals surface area contributed by atoms with E-state index in [9.17, 15) is 39.9 Å². The number of aromatic hydroxyl groups is 1. The van der Waals surface area contributed by atoms with Crippen LogP contribution in [0, 0.1) is 40.4 Å². The lowest BCUT2D eigenvalue weighted by molar-refractivity contribution is -0.306. The van der Waals surface area contributed by atoms with Crippen molar-refractivity contribution >= 4 is 17.5 Å². The van der Waals surface area contributed by atoms with Gasteiger partial charge in [-0.2, -0.15) is 0 Å². The average molecular weight is 650 g/mol.